The van der Waals surface area contributed by atoms with E-state index in [0.717, 1.165) is 13.0 Å². The highest BCUT2D eigenvalue weighted by Crippen LogP contribution is 2.13. The fourth-order valence-corrected chi connectivity index (χ4v) is 2.75. The van der Waals surface area contributed by atoms with Crippen LogP contribution < -0.4 is 10.6 Å². The van der Waals surface area contributed by atoms with Crippen LogP contribution in [-0.2, 0) is 4.74 Å². The minimum Gasteiger partial charge on any atom is -0.450 e. The van der Waals surface area contributed by atoms with Crippen molar-refractivity contribution in [3.63, 3.8) is 0 Å². The summed E-state index contributed by atoms with van der Waals surface area (Å²) in [7, 11) is 0. The van der Waals surface area contributed by atoms with Crippen LogP contribution in [0.1, 0.15) is 50.5 Å². The summed E-state index contributed by atoms with van der Waals surface area (Å²) in [6.45, 7) is 8.45. The quantitative estimate of drug-likeness (QED) is 0.771. The van der Waals surface area contributed by atoms with E-state index in [4.69, 9.17) is 4.74 Å². The van der Waals surface area contributed by atoms with Gasteiger partial charge < -0.3 is 20.3 Å². The Morgan fingerprint density at radius 1 is 1.31 bits per heavy atom. The molecule has 0 unspecified atom stereocenters. The fraction of sp³-hybridized carbons (Fsp3) is 0.667. The predicted molar refractivity (Wildman–Crippen MR) is 99.1 cm³/mol. The van der Waals surface area contributed by atoms with E-state index in [-0.39, 0.29) is 18.0 Å². The molecule has 0 atom stereocenters. The molecule has 0 spiro atoms. The molecule has 2 rings (SSSR count). The lowest BCUT2D eigenvalue weighted by atomic mass is 10.1. The summed E-state index contributed by atoms with van der Waals surface area (Å²) in [5.74, 6) is 1.05. The van der Waals surface area contributed by atoms with E-state index in [1.807, 2.05) is 0 Å². The molecule has 8 nitrogen and oxygen atoms in total. The number of aromatic nitrogens is 2. The van der Waals surface area contributed by atoms with E-state index in [0.29, 0.717) is 50.0 Å². The molecule has 0 saturated carbocycles. The number of hydrogen-bond donors (Lipinski definition) is 2. The summed E-state index contributed by atoms with van der Waals surface area (Å²) in [5, 5.41) is 6.21. The van der Waals surface area contributed by atoms with E-state index in [9.17, 15) is 9.59 Å². The number of amides is 2. The summed E-state index contributed by atoms with van der Waals surface area (Å²) < 4.78 is 5.00. The zero-order chi connectivity index (χ0) is 18.9. The molecule has 0 aromatic carbocycles. The monoisotopic (exact) mass is 363 g/mol. The van der Waals surface area contributed by atoms with Gasteiger partial charge in [-0.05, 0) is 32.1 Å². The van der Waals surface area contributed by atoms with Crippen molar-refractivity contribution in [2.45, 2.75) is 46.1 Å². The molecule has 144 valence electrons. The normalized spacial score (nSPS) is 15.0. The largest absolute Gasteiger partial charge is 0.450 e. The molecular weight excluding hydrogens is 334 g/mol. The van der Waals surface area contributed by atoms with Gasteiger partial charge in [-0.2, -0.15) is 0 Å². The first-order valence-electron chi connectivity index (χ1n) is 9.28. The SMILES string of the molecule is CCOC(=O)N1CCC(NC(=O)c2cc(NCCC(C)C)ncn2)CC1. The van der Waals surface area contributed by atoms with Crippen LogP contribution in [-0.4, -0.2) is 59.2 Å². The van der Waals surface area contributed by atoms with Gasteiger partial charge in [-0.1, -0.05) is 13.8 Å². The average Bonchev–Trinajstić information content (AvgIpc) is 2.62. The molecule has 1 aliphatic heterocycles. The van der Waals surface area contributed by atoms with E-state index >= 15 is 0 Å². The summed E-state index contributed by atoms with van der Waals surface area (Å²) in [5.41, 5.74) is 0.347. The lowest BCUT2D eigenvalue weighted by molar-refractivity contribution is 0.0856. The topological polar surface area (TPSA) is 96.5 Å². The minimum atomic E-state index is -0.287. The van der Waals surface area contributed by atoms with Crippen LogP contribution in [0.2, 0.25) is 0 Å². The van der Waals surface area contributed by atoms with Gasteiger partial charge in [0, 0.05) is 31.7 Å². The number of ether oxygens (including phenoxy) is 1. The third kappa shape index (κ3) is 6.16. The molecule has 0 bridgehead atoms. The van der Waals surface area contributed by atoms with E-state index in [2.05, 4.69) is 34.4 Å². The third-order valence-corrected chi connectivity index (χ3v) is 4.28. The van der Waals surface area contributed by atoms with Gasteiger partial charge >= 0.3 is 6.09 Å². The Balaban J connectivity index is 1.82. The van der Waals surface area contributed by atoms with Crippen molar-refractivity contribution in [3.8, 4) is 0 Å². The van der Waals surface area contributed by atoms with Crippen LogP contribution in [0, 0.1) is 5.92 Å². The maximum Gasteiger partial charge on any atom is 0.409 e. The smallest absolute Gasteiger partial charge is 0.409 e. The molecule has 1 saturated heterocycles. The average molecular weight is 363 g/mol. The van der Waals surface area contributed by atoms with Gasteiger partial charge in [0.25, 0.3) is 5.91 Å². The third-order valence-electron chi connectivity index (χ3n) is 4.28. The summed E-state index contributed by atoms with van der Waals surface area (Å²) >= 11 is 0. The van der Waals surface area contributed by atoms with Crippen molar-refractivity contribution in [2.24, 2.45) is 5.92 Å². The first-order chi connectivity index (χ1) is 12.5. The first-order valence-corrected chi connectivity index (χ1v) is 9.28. The number of nitrogens with zero attached hydrogens (tertiary/aromatic N) is 3. The first kappa shape index (κ1) is 19.9. The van der Waals surface area contributed by atoms with E-state index in [1.54, 1.807) is 17.9 Å². The number of hydrogen-bond acceptors (Lipinski definition) is 6. The van der Waals surface area contributed by atoms with E-state index < -0.39 is 0 Å². The maximum absolute atomic E-state index is 12.4. The number of anilines is 1. The highest BCUT2D eigenvalue weighted by Gasteiger charge is 2.25. The Kier molecular flexibility index (Phi) is 7.62. The second-order valence-electron chi connectivity index (χ2n) is 6.83. The second kappa shape index (κ2) is 9.94. The van der Waals surface area contributed by atoms with Crippen LogP contribution in [0.25, 0.3) is 0 Å². The summed E-state index contributed by atoms with van der Waals surface area (Å²) in [6, 6.07) is 1.70. The van der Waals surface area contributed by atoms with Crippen LogP contribution >= 0.6 is 0 Å². The predicted octanol–water partition coefficient (Wildman–Crippen LogP) is 2.29. The van der Waals surface area contributed by atoms with Gasteiger partial charge in [0.05, 0.1) is 6.61 Å². The molecule has 26 heavy (non-hydrogen) atoms. The van der Waals surface area contributed by atoms with Crippen molar-refractivity contribution in [2.75, 3.05) is 31.6 Å². The van der Waals surface area contributed by atoms with Crippen LogP contribution in [0.15, 0.2) is 12.4 Å². The molecule has 1 aromatic heterocycles. The molecule has 8 heteroatoms. The number of carbonyl (C=O) groups is 2. The Bertz CT molecular complexity index is 600. The maximum atomic E-state index is 12.4. The highest BCUT2D eigenvalue weighted by atomic mass is 16.6. The van der Waals surface area contributed by atoms with Gasteiger partial charge in [0.2, 0.25) is 0 Å². The van der Waals surface area contributed by atoms with Crippen molar-refractivity contribution in [3.05, 3.63) is 18.1 Å². The number of rotatable bonds is 7. The van der Waals surface area contributed by atoms with Gasteiger partial charge in [-0.25, -0.2) is 14.8 Å². The zero-order valence-electron chi connectivity index (χ0n) is 15.8. The number of carbonyl (C=O) groups excluding carboxylic acids is 2. The molecule has 0 radical (unpaired) electrons. The van der Waals surface area contributed by atoms with E-state index in [1.165, 1.54) is 6.33 Å². The number of nitrogens with one attached hydrogen (secondary N) is 2. The molecule has 1 aliphatic rings. The lowest BCUT2D eigenvalue weighted by Gasteiger charge is -2.31. The lowest BCUT2D eigenvalue weighted by Crippen LogP contribution is -2.46. The van der Waals surface area contributed by atoms with Crippen LogP contribution in [0.4, 0.5) is 10.6 Å². The summed E-state index contributed by atoms with van der Waals surface area (Å²) in [6.07, 6.45) is 3.55. The van der Waals surface area contributed by atoms with Crippen LogP contribution in [0.5, 0.6) is 0 Å². The van der Waals surface area contributed by atoms with Crippen molar-refractivity contribution in [1.29, 1.82) is 0 Å². The molecule has 2 amide bonds. The molecule has 1 fully saturated rings. The highest BCUT2D eigenvalue weighted by molar-refractivity contribution is 5.93. The van der Waals surface area contributed by atoms with Crippen LogP contribution in [0.3, 0.4) is 0 Å². The van der Waals surface area contributed by atoms with Gasteiger partial charge in [-0.15, -0.1) is 0 Å². The molecule has 1 aromatic rings. The second-order valence-corrected chi connectivity index (χ2v) is 6.83. The Labute approximate surface area is 154 Å². The fourth-order valence-electron chi connectivity index (χ4n) is 2.75. The molecule has 0 aliphatic carbocycles. The van der Waals surface area contributed by atoms with Gasteiger partial charge in [-0.3, -0.25) is 4.79 Å². The number of likely N-dealkylation sites (tertiary alicyclic amines) is 1. The van der Waals surface area contributed by atoms with Crippen molar-refractivity contribution >= 4 is 17.8 Å². The zero-order valence-corrected chi connectivity index (χ0v) is 15.8. The Hall–Kier alpha value is -2.38. The molecule has 2 N–H and O–H groups in total. The minimum absolute atomic E-state index is 0.0282. The number of piperidine rings is 1. The molecular formula is C18H29N5O3. The standard InChI is InChI=1S/C18H29N5O3/c1-4-26-18(25)23-9-6-14(7-10-23)22-17(24)15-11-16(21-12-20-15)19-8-5-13(2)3/h11-14H,4-10H2,1-3H3,(H,22,24)(H,19,20,21). The Morgan fingerprint density at radius 2 is 2.04 bits per heavy atom. The van der Waals surface area contributed by atoms with Crippen molar-refractivity contribution in [1.82, 2.24) is 20.2 Å². The summed E-state index contributed by atoms with van der Waals surface area (Å²) in [4.78, 5) is 34.0. The Morgan fingerprint density at radius 3 is 2.69 bits per heavy atom. The molecule has 2 heterocycles. The van der Waals surface area contributed by atoms with Gasteiger partial charge in [0.15, 0.2) is 0 Å². The van der Waals surface area contributed by atoms with Gasteiger partial charge in [0.1, 0.15) is 17.8 Å². The van der Waals surface area contributed by atoms with Crippen molar-refractivity contribution < 1.29 is 14.3 Å².